The second kappa shape index (κ2) is 8.76. The molecule has 1 N–H and O–H groups in total. The van der Waals surface area contributed by atoms with Crippen molar-refractivity contribution >= 4 is 34.1 Å². The number of amides is 1. The molecule has 4 aromatic rings. The normalized spacial score (nSPS) is 10.9. The van der Waals surface area contributed by atoms with Gasteiger partial charge >= 0.3 is 0 Å². The van der Waals surface area contributed by atoms with Gasteiger partial charge in [0, 0.05) is 23.3 Å². The number of rotatable bonds is 6. The number of aryl methyl sites for hydroxylation is 3. The minimum atomic E-state index is -0.130. The van der Waals surface area contributed by atoms with Crippen molar-refractivity contribution < 1.29 is 4.79 Å². The molecule has 7 nitrogen and oxygen atoms in total. The molecule has 0 aliphatic carbocycles. The van der Waals surface area contributed by atoms with Gasteiger partial charge in [0.25, 0.3) is 0 Å². The molecule has 0 saturated heterocycles. The highest BCUT2D eigenvalue weighted by atomic mass is 32.2. The first-order valence-electron chi connectivity index (χ1n) is 9.29. The van der Waals surface area contributed by atoms with Crippen LogP contribution in [0.25, 0.3) is 17.1 Å². The Morgan fingerprint density at radius 1 is 1.10 bits per heavy atom. The molecule has 0 fully saturated rings. The van der Waals surface area contributed by atoms with E-state index < -0.39 is 0 Å². The van der Waals surface area contributed by atoms with Gasteiger partial charge in [0.2, 0.25) is 5.91 Å². The number of carbonyl (C=O) groups excluding carboxylic acids is 1. The summed E-state index contributed by atoms with van der Waals surface area (Å²) in [5.41, 5.74) is 5.14. The second-order valence-corrected chi connectivity index (χ2v) is 8.58. The highest BCUT2D eigenvalue weighted by Crippen LogP contribution is 2.29. The monoisotopic (exact) mass is 436 g/mol. The molecule has 3 aromatic heterocycles. The number of nitrogens with one attached hydrogen (secondary N) is 1. The molecule has 1 aromatic carbocycles. The molecule has 0 spiro atoms. The van der Waals surface area contributed by atoms with Gasteiger partial charge in [-0.05, 0) is 56.2 Å². The van der Waals surface area contributed by atoms with E-state index in [0.29, 0.717) is 16.1 Å². The average molecular weight is 437 g/mol. The zero-order valence-corrected chi connectivity index (χ0v) is 18.4. The third kappa shape index (κ3) is 4.42. The van der Waals surface area contributed by atoms with Crippen molar-refractivity contribution in [2.45, 2.75) is 25.9 Å². The Labute approximate surface area is 182 Å². The fourth-order valence-electron chi connectivity index (χ4n) is 2.85. The molecule has 0 radical (unpaired) electrons. The number of thiazole rings is 1. The molecule has 152 valence electrons. The van der Waals surface area contributed by atoms with Crippen molar-refractivity contribution in [3.8, 4) is 17.1 Å². The molecule has 0 atom stereocenters. The molecule has 30 heavy (non-hydrogen) atoms. The molecule has 0 aliphatic rings. The van der Waals surface area contributed by atoms with E-state index in [2.05, 4.69) is 51.5 Å². The van der Waals surface area contributed by atoms with Crippen LogP contribution >= 0.6 is 23.1 Å². The van der Waals surface area contributed by atoms with Gasteiger partial charge in [-0.1, -0.05) is 17.8 Å². The Bertz CT molecular complexity index is 1190. The lowest BCUT2D eigenvalue weighted by atomic mass is 10.1. The van der Waals surface area contributed by atoms with E-state index in [1.807, 2.05) is 35.1 Å². The van der Waals surface area contributed by atoms with Crippen LogP contribution in [-0.2, 0) is 4.79 Å². The lowest BCUT2D eigenvalue weighted by Crippen LogP contribution is -2.14. The number of aromatic nitrogens is 5. The Balaban J connectivity index is 1.63. The summed E-state index contributed by atoms with van der Waals surface area (Å²) in [6, 6.07) is 10.0. The van der Waals surface area contributed by atoms with Crippen molar-refractivity contribution in [1.29, 1.82) is 0 Å². The topological polar surface area (TPSA) is 85.6 Å². The van der Waals surface area contributed by atoms with Crippen molar-refractivity contribution in [3.63, 3.8) is 0 Å². The maximum atomic E-state index is 12.4. The van der Waals surface area contributed by atoms with Crippen molar-refractivity contribution in [1.82, 2.24) is 24.7 Å². The highest BCUT2D eigenvalue weighted by Gasteiger charge is 2.18. The van der Waals surface area contributed by atoms with E-state index >= 15 is 0 Å². The number of pyridine rings is 1. The summed E-state index contributed by atoms with van der Waals surface area (Å²) in [4.78, 5) is 20.7. The quantitative estimate of drug-likeness (QED) is 0.450. The minimum absolute atomic E-state index is 0.130. The summed E-state index contributed by atoms with van der Waals surface area (Å²) in [5.74, 6) is 0.784. The minimum Gasteiger partial charge on any atom is -0.301 e. The van der Waals surface area contributed by atoms with E-state index in [1.54, 1.807) is 12.4 Å². The van der Waals surface area contributed by atoms with Crippen LogP contribution in [-0.4, -0.2) is 36.4 Å². The number of thioether (sulfide) groups is 1. The van der Waals surface area contributed by atoms with Crippen LogP contribution in [0.3, 0.4) is 0 Å². The van der Waals surface area contributed by atoms with Gasteiger partial charge in [-0.3, -0.25) is 14.3 Å². The van der Waals surface area contributed by atoms with Gasteiger partial charge in [0.1, 0.15) is 0 Å². The largest absolute Gasteiger partial charge is 0.301 e. The predicted octanol–water partition coefficient (Wildman–Crippen LogP) is 4.44. The number of benzene rings is 1. The fourth-order valence-corrected chi connectivity index (χ4v) is 4.30. The van der Waals surface area contributed by atoms with Crippen LogP contribution in [0.1, 0.15) is 16.8 Å². The SMILES string of the molecule is Cc1csc(NC(=O)CSc2nnc(-c3ccncc3)n2-c2ccc(C)c(C)c2)n1. The zero-order chi connectivity index (χ0) is 21.1. The molecular formula is C21H20N6OS2. The van der Waals surface area contributed by atoms with E-state index in [1.165, 1.54) is 34.2 Å². The summed E-state index contributed by atoms with van der Waals surface area (Å²) in [7, 11) is 0. The standard InChI is InChI=1S/C21H20N6OS2/c1-13-4-5-17(10-14(13)2)27-19(16-6-8-22-9-7-16)25-26-21(27)30-12-18(28)24-20-23-15(3)11-29-20/h4-11H,12H2,1-3H3,(H,23,24,28). The van der Waals surface area contributed by atoms with Crippen molar-refractivity contribution in [3.05, 3.63) is 64.9 Å². The molecule has 0 saturated carbocycles. The summed E-state index contributed by atoms with van der Waals surface area (Å²) >= 11 is 2.75. The van der Waals surface area contributed by atoms with Crippen molar-refractivity contribution in [2.75, 3.05) is 11.1 Å². The molecular weight excluding hydrogens is 416 g/mol. The number of hydrogen-bond acceptors (Lipinski definition) is 7. The van der Waals surface area contributed by atoms with Gasteiger partial charge in [-0.25, -0.2) is 4.98 Å². The first kappa shape index (κ1) is 20.2. The van der Waals surface area contributed by atoms with Gasteiger partial charge in [-0.2, -0.15) is 0 Å². The van der Waals surface area contributed by atoms with Crippen LogP contribution in [0.2, 0.25) is 0 Å². The third-order valence-corrected chi connectivity index (χ3v) is 6.32. The van der Waals surface area contributed by atoms with Crippen LogP contribution in [0.5, 0.6) is 0 Å². The van der Waals surface area contributed by atoms with Crippen molar-refractivity contribution in [2.24, 2.45) is 0 Å². The number of hydrogen-bond donors (Lipinski definition) is 1. The summed E-state index contributed by atoms with van der Waals surface area (Å²) in [6.07, 6.45) is 3.45. The number of anilines is 1. The average Bonchev–Trinajstić information content (AvgIpc) is 3.35. The number of nitrogens with zero attached hydrogens (tertiary/aromatic N) is 5. The van der Waals surface area contributed by atoms with Crippen LogP contribution in [0.15, 0.2) is 53.3 Å². The van der Waals surface area contributed by atoms with E-state index in [0.717, 1.165) is 16.9 Å². The highest BCUT2D eigenvalue weighted by molar-refractivity contribution is 7.99. The molecule has 0 bridgehead atoms. The van der Waals surface area contributed by atoms with E-state index in [-0.39, 0.29) is 11.7 Å². The fraction of sp³-hybridized carbons (Fsp3) is 0.190. The first-order valence-corrected chi connectivity index (χ1v) is 11.2. The molecule has 0 aliphatic heterocycles. The summed E-state index contributed by atoms with van der Waals surface area (Å²) < 4.78 is 1.98. The van der Waals surface area contributed by atoms with E-state index in [4.69, 9.17) is 0 Å². The lowest BCUT2D eigenvalue weighted by Gasteiger charge is -2.12. The Morgan fingerprint density at radius 2 is 1.90 bits per heavy atom. The third-order valence-electron chi connectivity index (χ3n) is 4.52. The smallest absolute Gasteiger partial charge is 0.236 e. The van der Waals surface area contributed by atoms with Gasteiger partial charge < -0.3 is 5.32 Å². The van der Waals surface area contributed by atoms with Crippen LogP contribution in [0, 0.1) is 20.8 Å². The lowest BCUT2D eigenvalue weighted by molar-refractivity contribution is -0.113. The van der Waals surface area contributed by atoms with Crippen LogP contribution < -0.4 is 5.32 Å². The Hall–Kier alpha value is -3.04. The maximum Gasteiger partial charge on any atom is 0.236 e. The predicted molar refractivity (Wildman–Crippen MR) is 120 cm³/mol. The maximum absolute atomic E-state index is 12.4. The molecule has 0 unspecified atom stereocenters. The number of carbonyl (C=O) groups is 1. The molecule has 1 amide bonds. The summed E-state index contributed by atoms with van der Waals surface area (Å²) in [6.45, 7) is 6.05. The van der Waals surface area contributed by atoms with E-state index in [9.17, 15) is 4.79 Å². The first-order chi connectivity index (χ1) is 14.5. The van der Waals surface area contributed by atoms with Gasteiger partial charge in [0.05, 0.1) is 17.1 Å². The molecule has 3 heterocycles. The molecule has 9 heteroatoms. The summed E-state index contributed by atoms with van der Waals surface area (Å²) in [5, 5.41) is 14.8. The van der Waals surface area contributed by atoms with Gasteiger partial charge in [-0.15, -0.1) is 21.5 Å². The van der Waals surface area contributed by atoms with Gasteiger partial charge in [0.15, 0.2) is 16.1 Å². The van der Waals surface area contributed by atoms with Crippen LogP contribution in [0.4, 0.5) is 5.13 Å². The molecule has 4 rings (SSSR count). The zero-order valence-electron chi connectivity index (χ0n) is 16.8. The second-order valence-electron chi connectivity index (χ2n) is 6.78. The Morgan fingerprint density at radius 3 is 2.60 bits per heavy atom. The Kier molecular flexibility index (Phi) is 5.91.